The molecule has 1 N–H and O–H groups in total. The number of aryl methyl sites for hydroxylation is 1. The first-order chi connectivity index (χ1) is 21.3. The third-order valence-electron chi connectivity index (χ3n) is 6.60. The number of ether oxygens (including phenoxy) is 5. The number of hydrogen-bond donors (Lipinski definition) is 1. The van der Waals surface area contributed by atoms with Gasteiger partial charge in [-0.3, -0.25) is 19.7 Å². The molecule has 12 nitrogen and oxygen atoms in total. The molecule has 13 heteroatoms. The van der Waals surface area contributed by atoms with Gasteiger partial charge in [-0.2, -0.15) is 0 Å². The predicted octanol–water partition coefficient (Wildman–Crippen LogP) is 5.14. The van der Waals surface area contributed by atoms with Gasteiger partial charge in [0, 0.05) is 30.3 Å². The normalized spacial score (nSPS) is 10.8. The molecule has 2 heterocycles. The number of anilines is 1. The lowest BCUT2D eigenvalue weighted by molar-refractivity contribution is 0.213. The summed E-state index contributed by atoms with van der Waals surface area (Å²) >= 11 is 0. The van der Waals surface area contributed by atoms with Crippen molar-refractivity contribution in [1.29, 1.82) is 0 Å². The van der Waals surface area contributed by atoms with Crippen molar-refractivity contribution in [3.05, 3.63) is 99.7 Å². The van der Waals surface area contributed by atoms with Crippen molar-refractivity contribution < 1.29 is 32.9 Å². The van der Waals surface area contributed by atoms with Crippen molar-refractivity contribution in [1.82, 2.24) is 14.1 Å². The molecule has 5 rings (SSSR count). The molecule has 2 aromatic heterocycles. The third-order valence-corrected chi connectivity index (χ3v) is 6.60. The second kappa shape index (κ2) is 12.6. The number of carbonyl (C=O) groups is 1. The first-order valence-corrected chi connectivity index (χ1v) is 13.2. The molecule has 0 saturated carbocycles. The number of hydrogen-bond acceptors (Lipinski definition) is 9. The SMILES string of the molecule is CCn1cc(OC(=O)Nc2ccc(Oc3ccnc4cc(OC)c(OC)cc34)cc2OC)c(=O)n(-c2ccc(F)cc2)c1=O. The van der Waals surface area contributed by atoms with Crippen molar-refractivity contribution in [2.75, 3.05) is 26.6 Å². The fourth-order valence-corrected chi connectivity index (χ4v) is 4.43. The van der Waals surface area contributed by atoms with E-state index in [4.69, 9.17) is 23.7 Å². The first kappa shape index (κ1) is 29.6. The van der Waals surface area contributed by atoms with Gasteiger partial charge in [-0.05, 0) is 55.5 Å². The van der Waals surface area contributed by atoms with E-state index < -0.39 is 28.9 Å². The average Bonchev–Trinajstić information content (AvgIpc) is 3.03. The van der Waals surface area contributed by atoms with Crippen LogP contribution in [0.3, 0.4) is 0 Å². The summed E-state index contributed by atoms with van der Waals surface area (Å²) in [5, 5.41) is 3.21. The van der Waals surface area contributed by atoms with Gasteiger partial charge in [-0.25, -0.2) is 18.5 Å². The van der Waals surface area contributed by atoms with Crippen molar-refractivity contribution in [3.8, 4) is 40.2 Å². The smallest absolute Gasteiger partial charge is 0.417 e. The van der Waals surface area contributed by atoms with Crippen LogP contribution in [0.25, 0.3) is 16.6 Å². The van der Waals surface area contributed by atoms with Crippen molar-refractivity contribution in [2.24, 2.45) is 0 Å². The zero-order valence-electron chi connectivity index (χ0n) is 24.1. The first-order valence-electron chi connectivity index (χ1n) is 13.2. The van der Waals surface area contributed by atoms with Crippen LogP contribution in [-0.2, 0) is 6.54 Å². The molecule has 0 aliphatic rings. The van der Waals surface area contributed by atoms with E-state index in [1.807, 2.05) is 0 Å². The summed E-state index contributed by atoms with van der Waals surface area (Å²) in [7, 11) is 4.48. The number of benzene rings is 3. The molecule has 0 fully saturated rings. The lowest BCUT2D eigenvalue weighted by atomic mass is 10.2. The molecule has 0 atom stereocenters. The third kappa shape index (κ3) is 5.88. The lowest BCUT2D eigenvalue weighted by Crippen LogP contribution is -2.39. The summed E-state index contributed by atoms with van der Waals surface area (Å²) in [5.74, 6) is 1.19. The summed E-state index contributed by atoms with van der Waals surface area (Å²) in [6.45, 7) is 1.86. The van der Waals surface area contributed by atoms with Crippen molar-refractivity contribution in [3.63, 3.8) is 0 Å². The molecule has 0 bridgehead atoms. The van der Waals surface area contributed by atoms with E-state index in [-0.39, 0.29) is 23.7 Å². The van der Waals surface area contributed by atoms with Gasteiger partial charge in [0.15, 0.2) is 11.5 Å². The summed E-state index contributed by atoms with van der Waals surface area (Å²) in [6, 6.07) is 14.7. The minimum atomic E-state index is -1.01. The van der Waals surface area contributed by atoms with E-state index in [0.717, 1.165) is 22.9 Å². The van der Waals surface area contributed by atoms with Gasteiger partial charge in [-0.15, -0.1) is 0 Å². The van der Waals surface area contributed by atoms with Gasteiger partial charge in [-0.1, -0.05) is 0 Å². The number of methoxy groups -OCH3 is 3. The van der Waals surface area contributed by atoms with Crippen LogP contribution in [0.2, 0.25) is 0 Å². The molecule has 5 aromatic rings. The summed E-state index contributed by atoms with van der Waals surface area (Å²) < 4.78 is 43.1. The molecule has 0 spiro atoms. The van der Waals surface area contributed by atoms with E-state index in [0.29, 0.717) is 33.9 Å². The van der Waals surface area contributed by atoms with E-state index >= 15 is 0 Å². The van der Waals surface area contributed by atoms with Gasteiger partial charge < -0.3 is 23.7 Å². The number of pyridine rings is 1. The predicted molar refractivity (Wildman–Crippen MR) is 159 cm³/mol. The Bertz CT molecular complexity index is 1970. The van der Waals surface area contributed by atoms with Crippen LogP contribution in [0.4, 0.5) is 14.9 Å². The number of fused-ring (bicyclic) bond motifs is 1. The Balaban J connectivity index is 1.39. The Kier molecular flexibility index (Phi) is 8.47. The molecule has 0 aliphatic heterocycles. The van der Waals surface area contributed by atoms with Gasteiger partial charge in [0.1, 0.15) is 23.1 Å². The van der Waals surface area contributed by atoms with Crippen LogP contribution >= 0.6 is 0 Å². The summed E-state index contributed by atoms with van der Waals surface area (Å²) in [6.07, 6.45) is 1.72. The zero-order valence-corrected chi connectivity index (χ0v) is 24.1. The molecule has 1 amide bonds. The minimum Gasteiger partial charge on any atom is -0.494 e. The van der Waals surface area contributed by atoms with Crippen molar-refractivity contribution in [2.45, 2.75) is 13.5 Å². The fraction of sp³-hybridized carbons (Fsp3) is 0.161. The van der Waals surface area contributed by atoms with E-state index in [2.05, 4.69) is 10.3 Å². The second-order valence-electron chi connectivity index (χ2n) is 9.19. The molecule has 226 valence electrons. The van der Waals surface area contributed by atoms with Gasteiger partial charge in [0.05, 0.1) is 44.4 Å². The Labute approximate surface area is 249 Å². The molecule has 0 aliphatic carbocycles. The van der Waals surface area contributed by atoms with Crippen LogP contribution in [0.15, 0.2) is 82.6 Å². The Hall–Kier alpha value is -5.85. The average molecular weight is 603 g/mol. The molecule has 44 heavy (non-hydrogen) atoms. The number of halogens is 1. The summed E-state index contributed by atoms with van der Waals surface area (Å²) in [5.41, 5.74) is -0.601. The van der Waals surface area contributed by atoms with Crippen LogP contribution in [-0.4, -0.2) is 41.5 Å². The highest BCUT2D eigenvalue weighted by atomic mass is 19.1. The molecule has 0 radical (unpaired) electrons. The van der Waals surface area contributed by atoms with Crippen LogP contribution in [0.1, 0.15) is 6.92 Å². The number of amides is 1. The Morgan fingerprint density at radius 1 is 0.864 bits per heavy atom. The molecule has 3 aromatic carbocycles. The van der Waals surface area contributed by atoms with Crippen molar-refractivity contribution >= 4 is 22.7 Å². The Morgan fingerprint density at radius 3 is 2.25 bits per heavy atom. The van der Waals surface area contributed by atoms with Gasteiger partial charge >= 0.3 is 17.3 Å². The lowest BCUT2D eigenvalue weighted by Gasteiger charge is -2.15. The van der Waals surface area contributed by atoms with E-state index in [9.17, 15) is 18.8 Å². The highest BCUT2D eigenvalue weighted by Gasteiger charge is 2.19. The quantitative estimate of drug-likeness (QED) is 0.244. The van der Waals surface area contributed by atoms with Crippen LogP contribution < -0.4 is 40.3 Å². The monoisotopic (exact) mass is 602 g/mol. The topological polar surface area (TPSA) is 132 Å². The number of carbonyl (C=O) groups excluding carboxylic acids is 1. The van der Waals surface area contributed by atoms with Gasteiger partial charge in [0.2, 0.25) is 5.75 Å². The van der Waals surface area contributed by atoms with Crippen LogP contribution in [0.5, 0.6) is 34.5 Å². The number of nitrogens with one attached hydrogen (secondary N) is 1. The number of rotatable bonds is 9. The minimum absolute atomic E-state index is 0.117. The Morgan fingerprint density at radius 2 is 1.57 bits per heavy atom. The largest absolute Gasteiger partial charge is 0.494 e. The van der Waals surface area contributed by atoms with E-state index in [1.54, 1.807) is 43.5 Å². The van der Waals surface area contributed by atoms with E-state index in [1.165, 1.54) is 44.1 Å². The molecular formula is C31H27FN4O8. The molecule has 0 unspecified atom stereocenters. The second-order valence-corrected chi connectivity index (χ2v) is 9.19. The fourth-order valence-electron chi connectivity index (χ4n) is 4.43. The zero-order chi connectivity index (χ0) is 31.4. The highest BCUT2D eigenvalue weighted by Crippen LogP contribution is 2.38. The molecular weight excluding hydrogens is 575 g/mol. The van der Waals surface area contributed by atoms with Gasteiger partial charge in [0.25, 0.3) is 0 Å². The number of aromatic nitrogens is 3. The standard InChI is InChI=1S/C31H27FN4O8/c1-5-35-17-28(29(37)36(31(35)39)19-8-6-18(32)7-9-19)44-30(38)34-22-11-10-20(14-25(22)40-2)43-24-12-13-33-23-16-27(42-4)26(41-3)15-21(23)24/h6-17H,5H2,1-4H3,(H,34,38). The van der Waals surface area contributed by atoms with Crippen LogP contribution in [0, 0.1) is 5.82 Å². The number of nitrogens with zero attached hydrogens (tertiary/aromatic N) is 3. The summed E-state index contributed by atoms with van der Waals surface area (Å²) in [4.78, 5) is 43.2. The molecule has 0 saturated heterocycles. The maximum atomic E-state index is 13.4. The maximum Gasteiger partial charge on any atom is 0.417 e. The maximum absolute atomic E-state index is 13.4. The highest BCUT2D eigenvalue weighted by molar-refractivity contribution is 5.89.